The number of hydrogen-bond acceptors (Lipinski definition) is 3. The average molecular weight is 291 g/mol. The molecule has 0 aliphatic carbocycles. The number of unbranched alkanes of at least 4 members (excludes halogenated alkanes) is 1. The van der Waals surface area contributed by atoms with Crippen LogP contribution in [0.3, 0.4) is 0 Å². The highest BCUT2D eigenvalue weighted by atomic mass is 79.9. The number of halogens is 1. The summed E-state index contributed by atoms with van der Waals surface area (Å²) in [6, 6.07) is 0. The van der Waals surface area contributed by atoms with Crippen LogP contribution in [0.1, 0.15) is 30.3 Å². The van der Waals surface area contributed by atoms with Crippen molar-refractivity contribution in [2.24, 2.45) is 0 Å². The fourth-order valence-electron chi connectivity index (χ4n) is 1.29. The van der Waals surface area contributed by atoms with E-state index in [1.165, 1.54) is 0 Å². The molecule has 0 aromatic carbocycles. The minimum Gasteiger partial charge on any atom is -0.477 e. The maximum absolute atomic E-state index is 11.4. The summed E-state index contributed by atoms with van der Waals surface area (Å²) in [5, 5.41) is 8.95. The van der Waals surface area contributed by atoms with Crippen molar-refractivity contribution in [3.8, 4) is 0 Å². The molecule has 0 aliphatic heterocycles. The number of nitrogens with one attached hydrogen (secondary N) is 1. The van der Waals surface area contributed by atoms with Gasteiger partial charge in [-0.2, -0.15) is 0 Å². The van der Waals surface area contributed by atoms with Crippen LogP contribution in [-0.2, 0) is 6.54 Å². The van der Waals surface area contributed by atoms with E-state index in [0.29, 0.717) is 6.42 Å². The van der Waals surface area contributed by atoms with Crippen molar-refractivity contribution in [3.63, 3.8) is 0 Å². The Bertz CT molecular complexity index is 517. The monoisotopic (exact) mass is 290 g/mol. The molecule has 6 nitrogen and oxygen atoms in total. The Labute approximate surface area is 99.1 Å². The Balaban J connectivity index is 3.45. The van der Waals surface area contributed by atoms with Crippen LogP contribution in [0.4, 0.5) is 0 Å². The SMILES string of the molecule is CCCCn1c(C(=O)O)c(Br)c(=O)[nH]c1=O. The second kappa shape index (κ2) is 5.11. The van der Waals surface area contributed by atoms with Crippen LogP contribution in [0, 0.1) is 0 Å². The molecule has 0 aliphatic rings. The molecule has 0 saturated carbocycles. The number of carboxylic acid groups (broad SMARTS) is 1. The van der Waals surface area contributed by atoms with E-state index in [9.17, 15) is 14.4 Å². The van der Waals surface area contributed by atoms with Gasteiger partial charge in [0.15, 0.2) is 5.69 Å². The summed E-state index contributed by atoms with van der Waals surface area (Å²) in [7, 11) is 0. The summed E-state index contributed by atoms with van der Waals surface area (Å²) in [5.41, 5.74) is -1.73. The molecule has 0 unspecified atom stereocenters. The Kier molecular flexibility index (Phi) is 4.05. The molecule has 7 heteroatoms. The van der Waals surface area contributed by atoms with Gasteiger partial charge >= 0.3 is 11.7 Å². The summed E-state index contributed by atoms with van der Waals surface area (Å²) in [4.78, 5) is 35.7. The van der Waals surface area contributed by atoms with Crippen molar-refractivity contribution in [3.05, 3.63) is 31.0 Å². The quantitative estimate of drug-likeness (QED) is 0.858. The Morgan fingerprint density at radius 1 is 1.50 bits per heavy atom. The molecule has 0 saturated heterocycles. The summed E-state index contributed by atoms with van der Waals surface area (Å²) in [6.07, 6.45) is 1.49. The molecule has 0 bridgehead atoms. The van der Waals surface area contributed by atoms with E-state index in [-0.39, 0.29) is 16.7 Å². The first-order valence-electron chi connectivity index (χ1n) is 4.75. The van der Waals surface area contributed by atoms with Gasteiger partial charge in [0.1, 0.15) is 4.47 Å². The van der Waals surface area contributed by atoms with Crippen molar-refractivity contribution in [1.29, 1.82) is 0 Å². The zero-order valence-electron chi connectivity index (χ0n) is 8.62. The lowest BCUT2D eigenvalue weighted by atomic mass is 10.3. The maximum Gasteiger partial charge on any atom is 0.354 e. The molecular weight excluding hydrogens is 280 g/mol. The van der Waals surface area contributed by atoms with Gasteiger partial charge in [0.05, 0.1) is 0 Å². The fourth-order valence-corrected chi connectivity index (χ4v) is 1.77. The van der Waals surface area contributed by atoms with E-state index in [0.717, 1.165) is 11.0 Å². The van der Waals surface area contributed by atoms with Crippen molar-refractivity contribution < 1.29 is 9.90 Å². The number of rotatable bonds is 4. The highest BCUT2D eigenvalue weighted by molar-refractivity contribution is 9.10. The third-order valence-electron chi connectivity index (χ3n) is 2.08. The zero-order valence-corrected chi connectivity index (χ0v) is 10.2. The lowest BCUT2D eigenvalue weighted by molar-refractivity contribution is 0.0681. The molecule has 88 valence electrons. The van der Waals surface area contributed by atoms with Crippen molar-refractivity contribution >= 4 is 21.9 Å². The highest BCUT2D eigenvalue weighted by Gasteiger charge is 2.18. The predicted octanol–water partition coefficient (Wildman–Crippen LogP) is 0.797. The van der Waals surface area contributed by atoms with Crippen molar-refractivity contribution in [2.45, 2.75) is 26.3 Å². The number of nitrogens with zero attached hydrogens (tertiary/aromatic N) is 1. The smallest absolute Gasteiger partial charge is 0.354 e. The van der Waals surface area contributed by atoms with Crippen LogP contribution in [0.25, 0.3) is 0 Å². The third kappa shape index (κ3) is 2.41. The molecule has 16 heavy (non-hydrogen) atoms. The van der Waals surface area contributed by atoms with E-state index in [2.05, 4.69) is 20.9 Å². The van der Waals surface area contributed by atoms with Crippen LogP contribution in [-0.4, -0.2) is 20.6 Å². The van der Waals surface area contributed by atoms with Crippen LogP contribution in [0.5, 0.6) is 0 Å². The van der Waals surface area contributed by atoms with Gasteiger partial charge in [-0.15, -0.1) is 0 Å². The van der Waals surface area contributed by atoms with E-state index >= 15 is 0 Å². The highest BCUT2D eigenvalue weighted by Crippen LogP contribution is 2.10. The van der Waals surface area contributed by atoms with Crippen LogP contribution in [0.2, 0.25) is 0 Å². The largest absolute Gasteiger partial charge is 0.477 e. The van der Waals surface area contributed by atoms with Gasteiger partial charge < -0.3 is 5.11 Å². The Hall–Kier alpha value is -1.37. The fraction of sp³-hybridized carbons (Fsp3) is 0.444. The van der Waals surface area contributed by atoms with Crippen LogP contribution < -0.4 is 11.2 Å². The molecule has 0 spiro atoms. The molecular formula is C9H11BrN2O4. The first-order chi connectivity index (χ1) is 7.49. The molecule has 0 radical (unpaired) electrons. The number of hydrogen-bond donors (Lipinski definition) is 2. The zero-order chi connectivity index (χ0) is 12.3. The molecule has 0 fully saturated rings. The van der Waals surface area contributed by atoms with Crippen molar-refractivity contribution in [1.82, 2.24) is 9.55 Å². The van der Waals surface area contributed by atoms with Gasteiger partial charge in [0.2, 0.25) is 0 Å². The number of H-pyrrole nitrogens is 1. The normalized spacial score (nSPS) is 10.4. The Morgan fingerprint density at radius 2 is 2.12 bits per heavy atom. The summed E-state index contributed by atoms with van der Waals surface area (Å²) < 4.78 is 0.924. The predicted molar refractivity (Wildman–Crippen MR) is 60.9 cm³/mol. The van der Waals surface area contributed by atoms with Crippen LogP contribution >= 0.6 is 15.9 Å². The van der Waals surface area contributed by atoms with E-state index in [1.54, 1.807) is 0 Å². The van der Waals surface area contributed by atoms with Gasteiger partial charge in [-0.1, -0.05) is 13.3 Å². The molecule has 0 atom stereocenters. The lowest BCUT2D eigenvalue weighted by Crippen LogP contribution is -2.35. The number of carbonyl (C=O) groups is 1. The van der Waals surface area contributed by atoms with Gasteiger partial charge in [0, 0.05) is 6.54 Å². The summed E-state index contributed by atoms with van der Waals surface area (Å²) >= 11 is 2.87. The topological polar surface area (TPSA) is 92.2 Å². The Morgan fingerprint density at radius 3 is 2.62 bits per heavy atom. The lowest BCUT2D eigenvalue weighted by Gasteiger charge is -2.09. The number of aromatic amines is 1. The first kappa shape index (κ1) is 12.7. The summed E-state index contributed by atoms with van der Waals surface area (Å²) in [6.45, 7) is 2.19. The van der Waals surface area contributed by atoms with Gasteiger partial charge in [-0.3, -0.25) is 14.3 Å². The standard InChI is InChI=1S/C9H11BrN2O4/c1-2-3-4-12-6(8(14)15)5(10)7(13)11-9(12)16/h2-4H2,1H3,(H,14,15)(H,11,13,16). The summed E-state index contributed by atoms with van der Waals surface area (Å²) in [5.74, 6) is -1.30. The molecule has 1 aromatic heterocycles. The van der Waals surface area contributed by atoms with Gasteiger partial charge in [-0.05, 0) is 22.4 Å². The average Bonchev–Trinajstić information content (AvgIpc) is 2.20. The minimum atomic E-state index is -1.30. The van der Waals surface area contributed by atoms with E-state index < -0.39 is 17.2 Å². The number of aromatic nitrogens is 2. The van der Waals surface area contributed by atoms with Gasteiger partial charge in [0.25, 0.3) is 5.56 Å². The number of aromatic carboxylic acids is 1. The van der Waals surface area contributed by atoms with E-state index in [1.807, 2.05) is 6.92 Å². The number of carboxylic acids is 1. The first-order valence-corrected chi connectivity index (χ1v) is 5.54. The van der Waals surface area contributed by atoms with Gasteiger partial charge in [-0.25, -0.2) is 9.59 Å². The molecule has 1 aromatic rings. The molecule has 0 amide bonds. The third-order valence-corrected chi connectivity index (χ3v) is 2.82. The molecule has 1 heterocycles. The molecule has 2 N–H and O–H groups in total. The second-order valence-corrected chi connectivity index (χ2v) is 4.03. The minimum absolute atomic E-state index is 0.129. The van der Waals surface area contributed by atoms with Crippen molar-refractivity contribution in [2.75, 3.05) is 0 Å². The second-order valence-electron chi connectivity index (χ2n) is 3.23. The maximum atomic E-state index is 11.4. The molecule has 1 rings (SSSR count). The van der Waals surface area contributed by atoms with Crippen LogP contribution in [0.15, 0.2) is 14.1 Å². The van der Waals surface area contributed by atoms with E-state index in [4.69, 9.17) is 5.11 Å².